The third kappa shape index (κ3) is 4.83. The van der Waals surface area contributed by atoms with E-state index >= 15 is 0 Å². The van der Waals surface area contributed by atoms with Gasteiger partial charge in [0.2, 0.25) is 5.91 Å². The van der Waals surface area contributed by atoms with Gasteiger partial charge in [-0.3, -0.25) is 4.79 Å². The van der Waals surface area contributed by atoms with E-state index in [-0.39, 0.29) is 11.9 Å². The second-order valence-electron chi connectivity index (χ2n) is 5.56. The monoisotopic (exact) mass is 385 g/mol. The van der Waals surface area contributed by atoms with Crippen molar-refractivity contribution in [1.29, 1.82) is 0 Å². The summed E-state index contributed by atoms with van der Waals surface area (Å²) in [7, 11) is 1.64. The van der Waals surface area contributed by atoms with Gasteiger partial charge in [0.25, 0.3) is 0 Å². The van der Waals surface area contributed by atoms with Crippen LogP contribution >= 0.6 is 23.1 Å². The Labute approximate surface area is 160 Å². The molecule has 134 valence electrons. The lowest BCUT2D eigenvalue weighted by Gasteiger charge is -2.20. The molecule has 1 amide bonds. The molecule has 0 aliphatic rings. The lowest BCUT2D eigenvalue weighted by Crippen LogP contribution is -2.30. The number of methoxy groups -OCH3 is 1. The first-order valence-corrected chi connectivity index (χ1v) is 9.87. The maximum absolute atomic E-state index is 12.5. The predicted molar refractivity (Wildman–Crippen MR) is 105 cm³/mol. The van der Waals surface area contributed by atoms with E-state index in [0.717, 1.165) is 26.2 Å². The highest BCUT2D eigenvalue weighted by atomic mass is 32.2. The molecule has 0 radical (unpaired) electrons. The van der Waals surface area contributed by atoms with Crippen molar-refractivity contribution >= 4 is 29.0 Å². The molecule has 0 unspecified atom stereocenters. The molecule has 1 heterocycles. The number of nitrogens with one attached hydrogen (secondary N) is 1. The van der Waals surface area contributed by atoms with Crippen LogP contribution in [0.1, 0.15) is 22.2 Å². The van der Waals surface area contributed by atoms with Gasteiger partial charge in [-0.1, -0.05) is 65.6 Å². The molecule has 0 bridgehead atoms. The summed E-state index contributed by atoms with van der Waals surface area (Å²) in [5, 5.41) is 12.0. The van der Waals surface area contributed by atoms with E-state index in [2.05, 4.69) is 15.5 Å². The van der Waals surface area contributed by atoms with Crippen LogP contribution in [-0.4, -0.2) is 29.0 Å². The van der Waals surface area contributed by atoms with Gasteiger partial charge in [-0.15, -0.1) is 10.2 Å². The summed E-state index contributed by atoms with van der Waals surface area (Å²) in [6.45, 7) is 1.90. The highest BCUT2D eigenvalue weighted by Gasteiger charge is 2.17. The van der Waals surface area contributed by atoms with Crippen LogP contribution in [0.4, 0.5) is 0 Å². The van der Waals surface area contributed by atoms with Crippen LogP contribution in [-0.2, 0) is 4.79 Å². The highest BCUT2D eigenvalue weighted by molar-refractivity contribution is 8.01. The number of amides is 1. The Hall–Kier alpha value is -2.38. The summed E-state index contributed by atoms with van der Waals surface area (Å²) < 4.78 is 6.03. The first-order valence-electron chi connectivity index (χ1n) is 8.07. The van der Waals surface area contributed by atoms with Crippen LogP contribution in [0.15, 0.2) is 58.9 Å². The SMILES string of the molecule is COc1ccc([C@H](NC(=O)CSc2nnc(C)s2)c2ccccc2)cc1. The van der Waals surface area contributed by atoms with E-state index in [0.29, 0.717) is 5.75 Å². The number of aromatic nitrogens is 2. The van der Waals surface area contributed by atoms with E-state index in [4.69, 9.17) is 4.74 Å². The molecule has 0 aliphatic heterocycles. The summed E-state index contributed by atoms with van der Waals surface area (Å²) in [6.07, 6.45) is 0. The van der Waals surface area contributed by atoms with E-state index in [1.54, 1.807) is 7.11 Å². The van der Waals surface area contributed by atoms with Crippen molar-refractivity contribution in [3.05, 3.63) is 70.7 Å². The molecular weight excluding hydrogens is 366 g/mol. The Balaban J connectivity index is 1.73. The number of ether oxygens (including phenoxy) is 1. The third-order valence-electron chi connectivity index (χ3n) is 3.72. The van der Waals surface area contributed by atoms with Gasteiger partial charge in [-0.05, 0) is 30.2 Å². The molecule has 0 fully saturated rings. The second kappa shape index (κ2) is 8.82. The average molecular weight is 386 g/mol. The zero-order chi connectivity index (χ0) is 18.4. The van der Waals surface area contributed by atoms with Crippen LogP contribution < -0.4 is 10.1 Å². The minimum atomic E-state index is -0.216. The first kappa shape index (κ1) is 18.4. The summed E-state index contributed by atoms with van der Waals surface area (Å²) >= 11 is 2.89. The minimum Gasteiger partial charge on any atom is -0.497 e. The van der Waals surface area contributed by atoms with Crippen LogP contribution in [0, 0.1) is 6.92 Å². The molecule has 0 saturated carbocycles. The van der Waals surface area contributed by atoms with Crippen LogP contribution in [0.3, 0.4) is 0 Å². The van der Waals surface area contributed by atoms with Gasteiger partial charge in [0.1, 0.15) is 10.8 Å². The summed E-state index contributed by atoms with van der Waals surface area (Å²) in [6, 6.07) is 17.4. The number of nitrogens with zero attached hydrogens (tertiary/aromatic N) is 2. The van der Waals surface area contributed by atoms with Gasteiger partial charge in [-0.2, -0.15) is 0 Å². The van der Waals surface area contributed by atoms with Crippen molar-refractivity contribution in [1.82, 2.24) is 15.5 Å². The van der Waals surface area contributed by atoms with E-state index in [1.165, 1.54) is 23.1 Å². The maximum Gasteiger partial charge on any atom is 0.231 e. The Morgan fingerprint density at radius 2 is 1.81 bits per heavy atom. The van der Waals surface area contributed by atoms with Crippen molar-refractivity contribution in [3.8, 4) is 5.75 Å². The van der Waals surface area contributed by atoms with E-state index in [9.17, 15) is 4.79 Å². The molecule has 0 spiro atoms. The average Bonchev–Trinajstić information content (AvgIpc) is 3.10. The van der Waals surface area contributed by atoms with Crippen molar-refractivity contribution in [2.24, 2.45) is 0 Å². The molecule has 1 atom stereocenters. The zero-order valence-corrected chi connectivity index (χ0v) is 16.1. The molecular formula is C19H19N3O2S2. The zero-order valence-electron chi connectivity index (χ0n) is 14.5. The first-order chi connectivity index (χ1) is 12.7. The normalized spacial score (nSPS) is 11.8. The maximum atomic E-state index is 12.5. The van der Waals surface area contributed by atoms with Gasteiger partial charge in [0, 0.05) is 0 Å². The number of rotatable bonds is 7. The highest BCUT2D eigenvalue weighted by Crippen LogP contribution is 2.25. The Bertz CT molecular complexity index is 851. The number of benzene rings is 2. The van der Waals surface area contributed by atoms with Crippen LogP contribution in [0.5, 0.6) is 5.75 Å². The predicted octanol–water partition coefficient (Wildman–Crippen LogP) is 3.85. The molecule has 3 rings (SSSR count). The van der Waals surface area contributed by atoms with Gasteiger partial charge in [0.05, 0.1) is 18.9 Å². The van der Waals surface area contributed by atoms with Gasteiger partial charge >= 0.3 is 0 Å². The fourth-order valence-corrected chi connectivity index (χ4v) is 4.09. The Morgan fingerprint density at radius 3 is 2.42 bits per heavy atom. The second-order valence-corrected chi connectivity index (χ2v) is 7.96. The molecule has 7 heteroatoms. The Kier molecular flexibility index (Phi) is 6.25. The van der Waals surface area contributed by atoms with E-state index < -0.39 is 0 Å². The van der Waals surface area contributed by atoms with Crippen LogP contribution in [0.2, 0.25) is 0 Å². The topological polar surface area (TPSA) is 64.1 Å². The standard InChI is InChI=1S/C19H19N3O2S2/c1-13-21-22-19(26-13)25-12-17(23)20-18(14-6-4-3-5-7-14)15-8-10-16(24-2)11-9-15/h3-11,18H,12H2,1-2H3,(H,20,23)/t18-/m1/s1. The quantitative estimate of drug-likeness (QED) is 0.626. The van der Waals surface area contributed by atoms with Gasteiger partial charge in [-0.25, -0.2) is 0 Å². The number of hydrogen-bond donors (Lipinski definition) is 1. The smallest absolute Gasteiger partial charge is 0.231 e. The third-order valence-corrected chi connectivity index (χ3v) is 5.69. The molecule has 26 heavy (non-hydrogen) atoms. The summed E-state index contributed by atoms with van der Waals surface area (Å²) in [5.74, 6) is 1.04. The lowest BCUT2D eigenvalue weighted by molar-refractivity contribution is -0.119. The van der Waals surface area contributed by atoms with Crippen molar-refractivity contribution < 1.29 is 9.53 Å². The van der Waals surface area contributed by atoms with Crippen molar-refractivity contribution in [2.75, 3.05) is 12.9 Å². The van der Waals surface area contributed by atoms with E-state index in [1.807, 2.05) is 61.5 Å². The number of carbonyl (C=O) groups is 1. The largest absolute Gasteiger partial charge is 0.497 e. The molecule has 0 aliphatic carbocycles. The molecule has 0 saturated heterocycles. The minimum absolute atomic E-state index is 0.0486. The molecule has 2 aromatic carbocycles. The number of carbonyl (C=O) groups excluding carboxylic acids is 1. The van der Waals surface area contributed by atoms with Crippen LogP contribution in [0.25, 0.3) is 0 Å². The molecule has 5 nitrogen and oxygen atoms in total. The fourth-order valence-electron chi connectivity index (χ4n) is 2.47. The Morgan fingerprint density at radius 1 is 1.12 bits per heavy atom. The van der Waals surface area contributed by atoms with Gasteiger partial charge in [0.15, 0.2) is 4.34 Å². The number of aryl methyl sites for hydroxylation is 1. The number of hydrogen-bond acceptors (Lipinski definition) is 6. The fraction of sp³-hybridized carbons (Fsp3) is 0.211. The number of thioether (sulfide) groups is 1. The molecule has 1 N–H and O–H groups in total. The van der Waals surface area contributed by atoms with Crippen molar-refractivity contribution in [2.45, 2.75) is 17.3 Å². The van der Waals surface area contributed by atoms with Crippen molar-refractivity contribution in [3.63, 3.8) is 0 Å². The van der Waals surface area contributed by atoms with Gasteiger partial charge < -0.3 is 10.1 Å². The molecule has 1 aromatic heterocycles. The summed E-state index contributed by atoms with van der Waals surface area (Å²) in [5.41, 5.74) is 2.03. The lowest BCUT2D eigenvalue weighted by atomic mass is 9.98. The summed E-state index contributed by atoms with van der Waals surface area (Å²) in [4.78, 5) is 12.5. The molecule has 3 aromatic rings.